The first-order valence-corrected chi connectivity index (χ1v) is 46.2. The molecule has 11 heteroatoms. The zero-order valence-electron chi connectivity index (χ0n) is 68.4. The van der Waals surface area contributed by atoms with E-state index in [9.17, 15) is 0 Å². The molecule has 0 amide bonds. The number of hydrogen-bond acceptors (Lipinski definition) is 11. The summed E-state index contributed by atoms with van der Waals surface area (Å²) in [6.45, 7) is 0. The van der Waals surface area contributed by atoms with Gasteiger partial charge in [-0.05, 0) is 103 Å². The summed E-state index contributed by atoms with van der Waals surface area (Å²) >= 11 is 7.28. The van der Waals surface area contributed by atoms with Crippen molar-refractivity contribution in [3.63, 3.8) is 0 Å². The second-order valence-electron chi connectivity index (χ2n) is 32.6. The molecule has 0 saturated heterocycles. The molecular formula is C117H67N7S4. The number of hydrogen-bond donors (Lipinski definition) is 0. The molecule has 0 bridgehead atoms. The molecule has 0 fully saturated rings. The molecule has 28 rings (SSSR count). The van der Waals surface area contributed by atoms with Crippen molar-refractivity contribution >= 4 is 234 Å². The van der Waals surface area contributed by atoms with Gasteiger partial charge in [-0.25, -0.2) is 34.9 Å². The molecule has 7 nitrogen and oxygen atoms in total. The van der Waals surface area contributed by atoms with Gasteiger partial charge in [0.25, 0.3) is 0 Å². The molecule has 128 heavy (non-hydrogen) atoms. The number of nitrogens with zero attached hydrogens (tertiary/aromatic N) is 7. The van der Waals surface area contributed by atoms with Crippen molar-refractivity contribution < 1.29 is 0 Å². The highest BCUT2D eigenvalue weighted by Gasteiger charge is 2.25. The van der Waals surface area contributed by atoms with E-state index in [1.165, 1.54) is 130 Å². The molecule has 10 heterocycles. The first kappa shape index (κ1) is 73.8. The molecule has 0 unspecified atom stereocenters. The van der Waals surface area contributed by atoms with Crippen molar-refractivity contribution in [2.75, 3.05) is 0 Å². The minimum absolute atomic E-state index is 0.646. The Hall–Kier alpha value is -15.7. The van der Waals surface area contributed by atoms with Crippen LogP contribution in [-0.4, -0.2) is 34.9 Å². The summed E-state index contributed by atoms with van der Waals surface area (Å²) in [5, 5.41) is 27.4. The SMILES string of the molecule is c1ccc(-c2ccc(-c3cc(-c4nc5c(ccc6c7ccccc7sc65)c5ccccc45)nc4ccccc34)c3ccccc23)cc1.c1ccc(-c2nc(-c3nc4c(ccc5c6ccccc6sc54)c4ccccc34)cc3ccccc23)cc1.c1ccc2c(-c3cccc4c3sc3ccccc34)nc(-c3nc4c(ccc5c6ccccc6sc54)c4ccccc34)nc2c1. The summed E-state index contributed by atoms with van der Waals surface area (Å²) in [5.41, 5.74) is 18.3. The number of thiophene rings is 4. The van der Waals surface area contributed by atoms with Crippen LogP contribution in [0.4, 0.5) is 0 Å². The van der Waals surface area contributed by atoms with Gasteiger partial charge in [0.2, 0.25) is 0 Å². The molecule has 10 aromatic heterocycles. The highest BCUT2D eigenvalue weighted by Crippen LogP contribution is 2.50. The third-order valence-corrected chi connectivity index (χ3v) is 30.2. The van der Waals surface area contributed by atoms with Gasteiger partial charge < -0.3 is 0 Å². The van der Waals surface area contributed by atoms with Gasteiger partial charge in [-0.15, -0.1) is 45.3 Å². The number of para-hydroxylation sites is 2. The summed E-state index contributed by atoms with van der Waals surface area (Å²) in [6, 6.07) is 145. The average Bonchev–Trinajstić information content (AvgIpc) is 1.47. The first-order valence-electron chi connectivity index (χ1n) is 43.0. The maximum Gasteiger partial charge on any atom is 0.179 e. The van der Waals surface area contributed by atoms with Crippen LogP contribution in [0, 0.1) is 0 Å². The van der Waals surface area contributed by atoms with Crippen molar-refractivity contribution in [3.05, 3.63) is 406 Å². The Morgan fingerprint density at radius 2 is 0.516 bits per heavy atom. The lowest BCUT2D eigenvalue weighted by molar-refractivity contribution is 1.21. The summed E-state index contributed by atoms with van der Waals surface area (Å²) < 4.78 is 10.0. The van der Waals surface area contributed by atoms with E-state index in [-0.39, 0.29) is 0 Å². The Kier molecular flexibility index (Phi) is 17.3. The average molecular weight is 1700 g/mol. The lowest BCUT2D eigenvalue weighted by atomic mass is 9.90. The van der Waals surface area contributed by atoms with Crippen molar-refractivity contribution in [3.8, 4) is 79.1 Å². The molecule has 18 aromatic carbocycles. The Balaban J connectivity index is 0.000000102. The van der Waals surface area contributed by atoms with Crippen LogP contribution in [0.1, 0.15) is 0 Å². The molecule has 0 aliphatic rings. The zero-order valence-corrected chi connectivity index (χ0v) is 71.7. The highest BCUT2D eigenvalue weighted by atomic mass is 32.1. The monoisotopic (exact) mass is 1700 g/mol. The predicted octanol–water partition coefficient (Wildman–Crippen LogP) is 33.5. The van der Waals surface area contributed by atoms with Crippen LogP contribution in [-0.2, 0) is 0 Å². The van der Waals surface area contributed by atoms with Crippen molar-refractivity contribution in [2.45, 2.75) is 0 Å². The Morgan fingerprint density at radius 1 is 0.156 bits per heavy atom. The molecule has 0 N–H and O–H groups in total. The minimum atomic E-state index is 0.646. The van der Waals surface area contributed by atoms with Gasteiger partial charge in [-0.2, -0.15) is 0 Å². The lowest BCUT2D eigenvalue weighted by Crippen LogP contribution is -1.98. The maximum absolute atomic E-state index is 5.50. The van der Waals surface area contributed by atoms with E-state index >= 15 is 0 Å². The van der Waals surface area contributed by atoms with Crippen molar-refractivity contribution in [2.24, 2.45) is 0 Å². The summed E-state index contributed by atoms with van der Waals surface area (Å²) in [4.78, 5) is 37.4. The summed E-state index contributed by atoms with van der Waals surface area (Å²) in [5.74, 6) is 0.646. The van der Waals surface area contributed by atoms with Crippen LogP contribution in [0.3, 0.4) is 0 Å². The molecule has 28 aromatic rings. The van der Waals surface area contributed by atoms with E-state index in [1.54, 1.807) is 0 Å². The van der Waals surface area contributed by atoms with E-state index in [1.807, 2.05) is 51.4 Å². The first-order chi connectivity index (χ1) is 63.5. The molecule has 0 radical (unpaired) electrons. The van der Waals surface area contributed by atoms with Gasteiger partial charge in [0.15, 0.2) is 5.82 Å². The normalized spacial score (nSPS) is 11.9. The number of fused-ring (bicyclic) bond motifs is 28. The molecule has 594 valence electrons. The fraction of sp³-hybridized carbons (Fsp3) is 0. The van der Waals surface area contributed by atoms with E-state index < -0.39 is 0 Å². The molecule has 0 saturated carbocycles. The minimum Gasteiger partial charge on any atom is -0.246 e. The number of benzene rings is 18. The fourth-order valence-electron chi connectivity index (χ4n) is 19.5. The van der Waals surface area contributed by atoms with Crippen LogP contribution in [0.15, 0.2) is 406 Å². The Labute approximate surface area is 748 Å². The molecule has 0 aliphatic carbocycles. The van der Waals surface area contributed by atoms with E-state index in [0.29, 0.717) is 5.82 Å². The highest BCUT2D eigenvalue weighted by molar-refractivity contribution is 7.28. The second-order valence-corrected chi connectivity index (χ2v) is 36.8. The van der Waals surface area contributed by atoms with Gasteiger partial charge in [-0.3, -0.25) is 0 Å². The third-order valence-electron chi connectivity index (χ3n) is 25.4. The van der Waals surface area contributed by atoms with Crippen LogP contribution >= 0.6 is 45.3 Å². The summed E-state index contributed by atoms with van der Waals surface area (Å²) in [6.07, 6.45) is 0. The van der Waals surface area contributed by atoms with Crippen LogP contribution in [0.2, 0.25) is 0 Å². The summed E-state index contributed by atoms with van der Waals surface area (Å²) in [7, 11) is 0. The lowest BCUT2D eigenvalue weighted by Gasteiger charge is -2.16. The quantitative estimate of drug-likeness (QED) is 0.147. The van der Waals surface area contributed by atoms with Crippen LogP contribution < -0.4 is 0 Å². The third kappa shape index (κ3) is 12.0. The van der Waals surface area contributed by atoms with Crippen molar-refractivity contribution in [1.29, 1.82) is 0 Å². The molecule has 0 aliphatic heterocycles. The van der Waals surface area contributed by atoms with Gasteiger partial charge in [-0.1, -0.05) is 358 Å². The molecular weight excluding hydrogens is 1630 g/mol. The van der Waals surface area contributed by atoms with E-state index in [4.69, 9.17) is 34.9 Å². The number of rotatable bonds is 7. The van der Waals surface area contributed by atoms with Gasteiger partial charge >= 0.3 is 0 Å². The number of aromatic nitrogens is 7. The topological polar surface area (TPSA) is 90.2 Å². The fourth-order valence-corrected chi connectivity index (χ4v) is 24.3. The van der Waals surface area contributed by atoms with Gasteiger partial charge in [0.1, 0.15) is 5.69 Å². The van der Waals surface area contributed by atoms with Crippen LogP contribution in [0.25, 0.3) is 268 Å². The standard InChI is InChI=1S/C44H26N2S.C39H21N3S2.C34H20N2S/c1-2-12-27(13-3-1)28-22-23-32(30-15-5-4-14-29(28)30)38-26-40(45-39-20-10-8-17-33(38)39)42-35-19-7-6-16-31(35)36-24-25-37-34-18-9-11-21-41(34)47-44(37)43(36)46-42;1-2-13-25-22(10-1)26-20-21-28-24-12-5-8-19-33(24)44-38(28)35(26)41-36(25)39-40-31-17-6-3-14-29(31)34(42-39)30-16-9-15-27-23-11-4-7-18-32(23)43-37(27)30;1-2-10-21(11-3-1)31-23-13-5-4-12-22(23)20-29(35-31)32-26-16-7-6-14-24(26)27-18-19-28-25-15-8-9-17-30(25)37-34(28)33(27)36-32/h1-26H;1-21H;1-20H. The van der Waals surface area contributed by atoms with Gasteiger partial charge in [0, 0.05) is 126 Å². The van der Waals surface area contributed by atoms with Crippen molar-refractivity contribution in [1.82, 2.24) is 34.9 Å². The largest absolute Gasteiger partial charge is 0.246 e. The zero-order chi connectivity index (χ0) is 84.0. The smallest absolute Gasteiger partial charge is 0.179 e. The molecule has 0 spiro atoms. The predicted molar refractivity (Wildman–Crippen MR) is 549 cm³/mol. The molecule has 0 atom stereocenters. The van der Waals surface area contributed by atoms with Crippen LogP contribution in [0.5, 0.6) is 0 Å². The Morgan fingerprint density at radius 3 is 1.04 bits per heavy atom. The Bertz CT molecular complexity index is 9510. The van der Waals surface area contributed by atoms with E-state index in [0.717, 1.165) is 133 Å². The number of pyridine rings is 5. The van der Waals surface area contributed by atoms with Gasteiger partial charge in [0.05, 0.1) is 75.8 Å². The second kappa shape index (κ2) is 30.0. The maximum atomic E-state index is 5.50. The van der Waals surface area contributed by atoms with E-state index in [2.05, 4.69) is 400 Å².